The number of hydrogen-bond acceptors (Lipinski definition) is 4. The Morgan fingerprint density at radius 1 is 1.10 bits per heavy atom. The first kappa shape index (κ1) is 18.9. The summed E-state index contributed by atoms with van der Waals surface area (Å²) in [5.41, 5.74) is 3.73. The molecule has 0 unspecified atom stereocenters. The van der Waals surface area contributed by atoms with Gasteiger partial charge in [-0.25, -0.2) is 4.79 Å². The zero-order valence-corrected chi connectivity index (χ0v) is 16.5. The van der Waals surface area contributed by atoms with Crippen LogP contribution in [0.2, 0.25) is 0 Å². The normalized spacial score (nSPS) is 15.9. The van der Waals surface area contributed by atoms with E-state index in [1.165, 1.54) is 17.3 Å². The summed E-state index contributed by atoms with van der Waals surface area (Å²) >= 11 is 0. The molecule has 148 valence electrons. The molecule has 0 fully saturated rings. The van der Waals surface area contributed by atoms with Crippen molar-refractivity contribution in [3.05, 3.63) is 83.2 Å². The van der Waals surface area contributed by atoms with Crippen LogP contribution in [-0.4, -0.2) is 34.3 Å². The van der Waals surface area contributed by atoms with Gasteiger partial charge in [-0.2, -0.15) is 5.10 Å². The fourth-order valence-electron chi connectivity index (χ4n) is 3.73. The van der Waals surface area contributed by atoms with Crippen LogP contribution in [0.5, 0.6) is 0 Å². The lowest BCUT2D eigenvalue weighted by molar-refractivity contribution is 0.0522. The molecular weight excluding hydrogens is 366 g/mol. The molecule has 0 radical (unpaired) electrons. The largest absolute Gasteiger partial charge is 0.462 e. The standard InChI is InChI=1S/C23H23N3O3/c1-3-29-23(28)20-14-24-25-15-16(2)26(22(27)21(20)25)19-11-9-18(10-12-19)13-17-7-5-4-6-8-17/h4-12,14,16H,3,13,15H2,1-2H3/t16-/m1/s1. The minimum absolute atomic E-state index is 0.0788. The summed E-state index contributed by atoms with van der Waals surface area (Å²) in [5.74, 6) is -0.755. The van der Waals surface area contributed by atoms with Crippen LogP contribution in [0.3, 0.4) is 0 Å². The van der Waals surface area contributed by atoms with Gasteiger partial charge in [0.1, 0.15) is 11.3 Å². The van der Waals surface area contributed by atoms with E-state index in [2.05, 4.69) is 17.2 Å². The van der Waals surface area contributed by atoms with Gasteiger partial charge in [-0.1, -0.05) is 42.5 Å². The zero-order chi connectivity index (χ0) is 20.4. The van der Waals surface area contributed by atoms with E-state index in [0.29, 0.717) is 6.54 Å². The predicted octanol–water partition coefficient (Wildman–Crippen LogP) is 3.70. The van der Waals surface area contributed by atoms with Gasteiger partial charge in [-0.15, -0.1) is 0 Å². The number of benzene rings is 2. The van der Waals surface area contributed by atoms with Gasteiger partial charge in [-0.05, 0) is 43.5 Å². The molecule has 29 heavy (non-hydrogen) atoms. The van der Waals surface area contributed by atoms with Gasteiger partial charge in [0.2, 0.25) is 0 Å². The van der Waals surface area contributed by atoms with Crippen molar-refractivity contribution >= 4 is 17.6 Å². The summed E-state index contributed by atoms with van der Waals surface area (Å²) in [5, 5.41) is 4.22. The number of anilines is 1. The summed E-state index contributed by atoms with van der Waals surface area (Å²) < 4.78 is 6.67. The highest BCUT2D eigenvalue weighted by atomic mass is 16.5. The van der Waals surface area contributed by atoms with Crippen molar-refractivity contribution in [2.45, 2.75) is 32.9 Å². The molecule has 0 bridgehead atoms. The first-order valence-corrected chi connectivity index (χ1v) is 9.78. The van der Waals surface area contributed by atoms with E-state index in [4.69, 9.17) is 4.74 Å². The van der Waals surface area contributed by atoms with E-state index in [0.717, 1.165) is 12.1 Å². The van der Waals surface area contributed by atoms with Crippen molar-refractivity contribution < 1.29 is 14.3 Å². The summed E-state index contributed by atoms with van der Waals surface area (Å²) in [7, 11) is 0. The molecule has 0 spiro atoms. The summed E-state index contributed by atoms with van der Waals surface area (Å²) in [6, 6.07) is 18.2. The van der Waals surface area contributed by atoms with Gasteiger partial charge in [0.15, 0.2) is 0 Å². The Hall–Kier alpha value is -3.41. The number of carbonyl (C=O) groups is 2. The van der Waals surface area contributed by atoms with Crippen LogP contribution >= 0.6 is 0 Å². The smallest absolute Gasteiger partial charge is 0.342 e. The van der Waals surface area contributed by atoms with E-state index >= 15 is 0 Å². The molecular formula is C23H23N3O3. The van der Waals surface area contributed by atoms with Crippen LogP contribution in [0.15, 0.2) is 60.8 Å². The number of ether oxygens (including phenoxy) is 1. The van der Waals surface area contributed by atoms with Crippen LogP contribution in [0, 0.1) is 0 Å². The molecule has 0 N–H and O–H groups in total. The fourth-order valence-corrected chi connectivity index (χ4v) is 3.73. The maximum atomic E-state index is 13.3. The van der Waals surface area contributed by atoms with E-state index in [9.17, 15) is 9.59 Å². The van der Waals surface area contributed by atoms with Gasteiger partial charge < -0.3 is 9.64 Å². The fraction of sp³-hybridized carbons (Fsp3) is 0.261. The molecule has 0 saturated heterocycles. The summed E-state index contributed by atoms with van der Waals surface area (Å²) in [6.45, 7) is 4.48. The number of carbonyl (C=O) groups excluding carboxylic acids is 2. The lowest BCUT2D eigenvalue weighted by atomic mass is 10.0. The van der Waals surface area contributed by atoms with Crippen LogP contribution in [0.1, 0.15) is 45.8 Å². The van der Waals surface area contributed by atoms with E-state index in [-0.39, 0.29) is 29.8 Å². The molecule has 2 heterocycles. The highest BCUT2D eigenvalue weighted by Crippen LogP contribution is 2.27. The average Bonchev–Trinajstić information content (AvgIpc) is 3.14. The first-order chi connectivity index (χ1) is 14.1. The number of nitrogens with zero attached hydrogens (tertiary/aromatic N) is 3. The Kier molecular flexibility index (Phi) is 5.16. The maximum Gasteiger partial charge on any atom is 0.342 e. The van der Waals surface area contributed by atoms with Crippen molar-refractivity contribution in [2.75, 3.05) is 11.5 Å². The molecule has 1 atom stereocenters. The van der Waals surface area contributed by atoms with Gasteiger partial charge in [0, 0.05) is 5.69 Å². The molecule has 4 rings (SSSR count). The van der Waals surface area contributed by atoms with Crippen LogP contribution in [0.4, 0.5) is 5.69 Å². The SMILES string of the molecule is CCOC(=O)c1cnn2c1C(=O)N(c1ccc(Cc3ccccc3)cc1)[C@H](C)C2. The average molecular weight is 389 g/mol. The number of aromatic nitrogens is 2. The highest BCUT2D eigenvalue weighted by molar-refractivity contribution is 6.12. The molecule has 6 heteroatoms. The third-order valence-electron chi connectivity index (χ3n) is 5.10. The second-order valence-corrected chi connectivity index (χ2v) is 7.16. The lowest BCUT2D eigenvalue weighted by Crippen LogP contribution is -2.47. The molecule has 0 aliphatic carbocycles. The molecule has 1 aliphatic rings. The molecule has 6 nitrogen and oxygen atoms in total. The minimum atomic E-state index is -0.519. The number of hydrogen-bond donors (Lipinski definition) is 0. The number of rotatable bonds is 5. The molecule has 0 saturated carbocycles. The third kappa shape index (κ3) is 3.66. The van der Waals surface area contributed by atoms with E-state index in [1.807, 2.05) is 49.4 Å². The Morgan fingerprint density at radius 3 is 2.48 bits per heavy atom. The maximum absolute atomic E-state index is 13.3. The van der Waals surface area contributed by atoms with Crippen LogP contribution in [-0.2, 0) is 17.7 Å². The van der Waals surface area contributed by atoms with Crippen LogP contribution < -0.4 is 4.90 Å². The Labute approximate surface area is 169 Å². The first-order valence-electron chi connectivity index (χ1n) is 9.78. The van der Waals surface area contributed by atoms with Gasteiger partial charge >= 0.3 is 5.97 Å². The molecule has 2 aromatic carbocycles. The zero-order valence-electron chi connectivity index (χ0n) is 16.5. The quantitative estimate of drug-likeness (QED) is 0.624. The number of esters is 1. The Bertz CT molecular complexity index is 1030. The summed E-state index contributed by atoms with van der Waals surface area (Å²) in [6.07, 6.45) is 2.26. The van der Waals surface area contributed by atoms with E-state index < -0.39 is 5.97 Å². The Balaban J connectivity index is 1.60. The second-order valence-electron chi connectivity index (χ2n) is 7.16. The van der Waals surface area contributed by atoms with Gasteiger partial charge in [-0.3, -0.25) is 9.48 Å². The number of amides is 1. The van der Waals surface area contributed by atoms with Crippen molar-refractivity contribution in [1.29, 1.82) is 0 Å². The molecule has 1 aromatic heterocycles. The van der Waals surface area contributed by atoms with Gasteiger partial charge in [0.25, 0.3) is 5.91 Å². The molecule has 3 aromatic rings. The lowest BCUT2D eigenvalue weighted by Gasteiger charge is -2.34. The molecule has 1 aliphatic heterocycles. The molecule has 1 amide bonds. The summed E-state index contributed by atoms with van der Waals surface area (Å²) in [4.78, 5) is 27.2. The minimum Gasteiger partial charge on any atom is -0.462 e. The van der Waals surface area contributed by atoms with E-state index in [1.54, 1.807) is 16.5 Å². The van der Waals surface area contributed by atoms with Crippen molar-refractivity contribution in [1.82, 2.24) is 9.78 Å². The van der Waals surface area contributed by atoms with Gasteiger partial charge in [0.05, 0.1) is 25.4 Å². The van der Waals surface area contributed by atoms with Crippen molar-refractivity contribution in [3.63, 3.8) is 0 Å². The monoisotopic (exact) mass is 389 g/mol. The third-order valence-corrected chi connectivity index (χ3v) is 5.10. The predicted molar refractivity (Wildman–Crippen MR) is 110 cm³/mol. The topological polar surface area (TPSA) is 64.4 Å². The van der Waals surface area contributed by atoms with Crippen LogP contribution in [0.25, 0.3) is 0 Å². The second kappa shape index (κ2) is 7.91. The van der Waals surface area contributed by atoms with Crippen molar-refractivity contribution in [2.24, 2.45) is 0 Å². The number of fused-ring (bicyclic) bond motifs is 1. The highest BCUT2D eigenvalue weighted by Gasteiger charge is 2.36. The van der Waals surface area contributed by atoms with Crippen molar-refractivity contribution in [3.8, 4) is 0 Å². The Morgan fingerprint density at radius 2 is 1.79 bits per heavy atom.